The largest absolute Gasteiger partial charge is 0.311 e. The standard InChI is InChI=1S/C19H16N2OS/c22-19(21-12-11-15-6-2-4-8-17(15)21)13-23-18-10-9-14-5-1-3-7-16(14)20-18/h1-10H,11-13H2. The molecule has 0 unspecified atom stereocenters. The number of hydrogen-bond donors (Lipinski definition) is 0. The minimum Gasteiger partial charge on any atom is -0.311 e. The van der Waals surface area contributed by atoms with Crippen LogP contribution < -0.4 is 4.90 Å². The average Bonchev–Trinajstić information content (AvgIpc) is 3.03. The van der Waals surface area contributed by atoms with Gasteiger partial charge in [0.25, 0.3) is 0 Å². The molecule has 4 rings (SSSR count). The van der Waals surface area contributed by atoms with E-state index in [1.54, 1.807) is 0 Å². The van der Waals surface area contributed by atoms with Crippen molar-refractivity contribution < 1.29 is 4.79 Å². The summed E-state index contributed by atoms with van der Waals surface area (Å²) in [4.78, 5) is 19.0. The third-order valence-electron chi connectivity index (χ3n) is 4.10. The monoisotopic (exact) mass is 320 g/mol. The lowest BCUT2D eigenvalue weighted by Crippen LogP contribution is -2.30. The molecule has 0 bridgehead atoms. The predicted molar refractivity (Wildman–Crippen MR) is 95.0 cm³/mol. The summed E-state index contributed by atoms with van der Waals surface area (Å²) in [7, 11) is 0. The average molecular weight is 320 g/mol. The summed E-state index contributed by atoms with van der Waals surface area (Å²) in [5.41, 5.74) is 3.29. The van der Waals surface area contributed by atoms with Crippen LogP contribution in [-0.2, 0) is 11.2 Å². The molecule has 1 amide bonds. The van der Waals surface area contributed by atoms with Crippen molar-refractivity contribution in [2.75, 3.05) is 17.2 Å². The maximum atomic E-state index is 12.5. The van der Waals surface area contributed by atoms with Gasteiger partial charge < -0.3 is 4.90 Å². The summed E-state index contributed by atoms with van der Waals surface area (Å²) < 4.78 is 0. The number of fused-ring (bicyclic) bond motifs is 2. The van der Waals surface area contributed by atoms with Crippen LogP contribution in [0.4, 0.5) is 5.69 Å². The van der Waals surface area contributed by atoms with E-state index in [1.807, 2.05) is 53.4 Å². The highest BCUT2D eigenvalue weighted by Crippen LogP contribution is 2.29. The molecule has 0 N–H and O–H groups in total. The van der Waals surface area contributed by atoms with Crippen LogP contribution in [0.15, 0.2) is 65.7 Å². The Morgan fingerprint density at radius 2 is 1.87 bits per heavy atom. The molecule has 0 spiro atoms. The van der Waals surface area contributed by atoms with Gasteiger partial charge in [0.15, 0.2) is 0 Å². The van der Waals surface area contributed by atoms with Gasteiger partial charge >= 0.3 is 0 Å². The van der Waals surface area contributed by atoms with Crippen LogP contribution in [0.25, 0.3) is 10.9 Å². The number of carbonyl (C=O) groups is 1. The van der Waals surface area contributed by atoms with E-state index in [4.69, 9.17) is 0 Å². The number of amides is 1. The second kappa shape index (κ2) is 6.05. The summed E-state index contributed by atoms with van der Waals surface area (Å²) in [6.45, 7) is 0.782. The summed E-state index contributed by atoms with van der Waals surface area (Å²) >= 11 is 1.50. The van der Waals surface area contributed by atoms with Crippen LogP contribution in [-0.4, -0.2) is 23.2 Å². The van der Waals surface area contributed by atoms with E-state index in [0.29, 0.717) is 5.75 Å². The third kappa shape index (κ3) is 2.82. The Bertz CT molecular complexity index is 878. The summed E-state index contributed by atoms with van der Waals surface area (Å²) in [5.74, 6) is 0.564. The maximum absolute atomic E-state index is 12.5. The normalized spacial score (nSPS) is 13.3. The van der Waals surface area contributed by atoms with Crippen LogP contribution in [0.3, 0.4) is 0 Å². The molecule has 2 heterocycles. The molecule has 1 aliphatic rings. The van der Waals surface area contributed by atoms with Gasteiger partial charge in [-0.05, 0) is 30.2 Å². The second-order valence-electron chi connectivity index (χ2n) is 5.55. The van der Waals surface area contributed by atoms with Crippen LogP contribution in [0.2, 0.25) is 0 Å². The van der Waals surface area contributed by atoms with Crippen LogP contribution in [0, 0.1) is 0 Å². The Morgan fingerprint density at radius 1 is 1.04 bits per heavy atom. The Morgan fingerprint density at radius 3 is 2.83 bits per heavy atom. The number of para-hydroxylation sites is 2. The van der Waals surface area contributed by atoms with Gasteiger partial charge in [-0.15, -0.1) is 0 Å². The van der Waals surface area contributed by atoms with Crippen molar-refractivity contribution in [1.29, 1.82) is 0 Å². The van der Waals surface area contributed by atoms with E-state index in [1.165, 1.54) is 17.3 Å². The van der Waals surface area contributed by atoms with Crippen LogP contribution in [0.1, 0.15) is 5.56 Å². The highest BCUT2D eigenvalue weighted by molar-refractivity contribution is 7.99. The molecular formula is C19H16N2OS. The van der Waals surface area contributed by atoms with Gasteiger partial charge in [0.2, 0.25) is 5.91 Å². The lowest BCUT2D eigenvalue weighted by atomic mass is 10.2. The Labute approximate surface area is 139 Å². The van der Waals surface area contributed by atoms with Crippen molar-refractivity contribution in [3.63, 3.8) is 0 Å². The number of aromatic nitrogens is 1. The van der Waals surface area contributed by atoms with Gasteiger partial charge in [-0.25, -0.2) is 4.98 Å². The molecule has 3 aromatic rings. The number of benzene rings is 2. The smallest absolute Gasteiger partial charge is 0.237 e. The fourth-order valence-electron chi connectivity index (χ4n) is 2.94. The van der Waals surface area contributed by atoms with Crippen molar-refractivity contribution in [3.8, 4) is 0 Å². The fraction of sp³-hybridized carbons (Fsp3) is 0.158. The van der Waals surface area contributed by atoms with Gasteiger partial charge in [0.1, 0.15) is 0 Å². The van der Waals surface area contributed by atoms with Crippen molar-refractivity contribution in [2.45, 2.75) is 11.4 Å². The minimum atomic E-state index is 0.148. The van der Waals surface area contributed by atoms with E-state index >= 15 is 0 Å². The van der Waals surface area contributed by atoms with Crippen LogP contribution in [0.5, 0.6) is 0 Å². The van der Waals surface area contributed by atoms with E-state index in [9.17, 15) is 4.79 Å². The molecule has 23 heavy (non-hydrogen) atoms. The first-order chi connectivity index (χ1) is 11.3. The quantitative estimate of drug-likeness (QED) is 0.686. The number of pyridine rings is 1. The van der Waals surface area contributed by atoms with Crippen molar-refractivity contribution in [1.82, 2.24) is 4.98 Å². The number of hydrogen-bond acceptors (Lipinski definition) is 3. The zero-order valence-electron chi connectivity index (χ0n) is 12.6. The van der Waals surface area contributed by atoms with E-state index < -0.39 is 0 Å². The van der Waals surface area contributed by atoms with Gasteiger partial charge in [-0.3, -0.25) is 4.79 Å². The van der Waals surface area contributed by atoms with Gasteiger partial charge in [0, 0.05) is 17.6 Å². The molecular weight excluding hydrogens is 304 g/mol. The van der Waals surface area contributed by atoms with Crippen LogP contribution >= 0.6 is 11.8 Å². The fourth-order valence-corrected chi connectivity index (χ4v) is 3.69. The van der Waals surface area contributed by atoms with E-state index in [2.05, 4.69) is 17.1 Å². The van der Waals surface area contributed by atoms with Gasteiger partial charge in [-0.2, -0.15) is 0 Å². The van der Waals surface area contributed by atoms with Crippen molar-refractivity contribution >= 4 is 34.3 Å². The third-order valence-corrected chi connectivity index (χ3v) is 5.02. The number of rotatable bonds is 3. The Kier molecular flexibility index (Phi) is 3.75. The number of nitrogens with zero attached hydrogens (tertiary/aromatic N) is 2. The molecule has 0 saturated carbocycles. The Hall–Kier alpha value is -2.33. The second-order valence-corrected chi connectivity index (χ2v) is 6.55. The number of anilines is 1. The number of thioether (sulfide) groups is 1. The van der Waals surface area contributed by atoms with Crippen molar-refractivity contribution in [2.24, 2.45) is 0 Å². The minimum absolute atomic E-state index is 0.148. The molecule has 2 aromatic carbocycles. The first-order valence-corrected chi connectivity index (χ1v) is 8.67. The van der Waals surface area contributed by atoms with E-state index in [-0.39, 0.29) is 5.91 Å². The molecule has 1 aliphatic heterocycles. The summed E-state index contributed by atoms with van der Waals surface area (Å²) in [5, 5.41) is 2.01. The molecule has 3 nitrogen and oxygen atoms in total. The molecule has 4 heteroatoms. The van der Waals surface area contributed by atoms with E-state index in [0.717, 1.165) is 34.6 Å². The highest BCUT2D eigenvalue weighted by Gasteiger charge is 2.23. The predicted octanol–water partition coefficient (Wildman–Crippen LogP) is 3.92. The zero-order chi connectivity index (χ0) is 15.6. The maximum Gasteiger partial charge on any atom is 0.237 e. The lowest BCUT2D eigenvalue weighted by molar-refractivity contribution is -0.116. The molecule has 1 aromatic heterocycles. The molecule has 0 atom stereocenters. The van der Waals surface area contributed by atoms with Crippen molar-refractivity contribution in [3.05, 3.63) is 66.2 Å². The molecule has 0 radical (unpaired) electrons. The molecule has 0 saturated heterocycles. The summed E-state index contributed by atoms with van der Waals surface area (Å²) in [6.07, 6.45) is 0.945. The number of carbonyl (C=O) groups excluding carboxylic acids is 1. The molecule has 0 aliphatic carbocycles. The Balaban J connectivity index is 1.47. The SMILES string of the molecule is O=C(CSc1ccc2ccccc2n1)N1CCc2ccccc21. The highest BCUT2D eigenvalue weighted by atomic mass is 32.2. The lowest BCUT2D eigenvalue weighted by Gasteiger charge is -2.16. The molecule has 114 valence electrons. The zero-order valence-corrected chi connectivity index (χ0v) is 13.4. The first kappa shape index (κ1) is 14.3. The van der Waals surface area contributed by atoms with Gasteiger partial charge in [-0.1, -0.05) is 54.2 Å². The van der Waals surface area contributed by atoms with Gasteiger partial charge in [0.05, 0.1) is 16.3 Å². The summed E-state index contributed by atoms with van der Waals surface area (Å²) in [6, 6.07) is 20.2. The topological polar surface area (TPSA) is 33.2 Å². The molecule has 0 fully saturated rings. The first-order valence-electron chi connectivity index (χ1n) is 7.68.